The SMILES string of the molecule is C=c1/c(=C\N=C(C)C)nc(-c2ccncc2Br)n1C[C@H]1CCCNC1. The second-order valence-electron chi connectivity index (χ2n) is 6.65. The van der Waals surface area contributed by atoms with Crippen molar-refractivity contribution in [2.75, 3.05) is 13.1 Å². The van der Waals surface area contributed by atoms with E-state index >= 15 is 0 Å². The fraction of sp³-hybridized carbons (Fsp3) is 0.421. The number of halogens is 1. The first-order chi connectivity index (χ1) is 12.1. The maximum absolute atomic E-state index is 4.84. The Balaban J connectivity index is 2.10. The van der Waals surface area contributed by atoms with Gasteiger partial charge >= 0.3 is 0 Å². The highest BCUT2D eigenvalue weighted by molar-refractivity contribution is 9.10. The van der Waals surface area contributed by atoms with Crippen molar-refractivity contribution in [3.63, 3.8) is 0 Å². The first-order valence-corrected chi connectivity index (χ1v) is 9.43. The van der Waals surface area contributed by atoms with Gasteiger partial charge in [0.2, 0.25) is 0 Å². The maximum Gasteiger partial charge on any atom is 0.142 e. The van der Waals surface area contributed by atoms with E-state index in [2.05, 4.69) is 42.4 Å². The molecule has 0 amide bonds. The van der Waals surface area contributed by atoms with Gasteiger partial charge in [-0.15, -0.1) is 0 Å². The summed E-state index contributed by atoms with van der Waals surface area (Å²) in [6.45, 7) is 11.3. The van der Waals surface area contributed by atoms with Crippen molar-refractivity contribution < 1.29 is 0 Å². The smallest absolute Gasteiger partial charge is 0.142 e. The number of nitrogens with zero attached hydrogens (tertiary/aromatic N) is 4. The summed E-state index contributed by atoms with van der Waals surface area (Å²) in [5, 5.41) is 5.22. The monoisotopic (exact) mass is 401 g/mol. The average Bonchev–Trinajstić information content (AvgIpc) is 2.91. The third-order valence-corrected chi connectivity index (χ3v) is 5.03. The molecule has 3 rings (SSSR count). The third kappa shape index (κ3) is 4.25. The van der Waals surface area contributed by atoms with E-state index in [0.29, 0.717) is 5.92 Å². The van der Waals surface area contributed by atoms with Gasteiger partial charge in [-0.25, -0.2) is 4.98 Å². The van der Waals surface area contributed by atoms with Crippen LogP contribution in [0.1, 0.15) is 26.7 Å². The van der Waals surface area contributed by atoms with Crippen LogP contribution in [0.3, 0.4) is 0 Å². The number of rotatable bonds is 4. The molecule has 2 aromatic heterocycles. The number of nitrogens with one attached hydrogen (secondary N) is 1. The van der Waals surface area contributed by atoms with Crippen molar-refractivity contribution in [2.24, 2.45) is 10.9 Å². The molecule has 0 aliphatic carbocycles. The lowest BCUT2D eigenvalue weighted by Gasteiger charge is -2.24. The number of hydrogen-bond acceptors (Lipinski definition) is 4. The number of aromatic nitrogens is 3. The molecule has 2 aromatic rings. The Kier molecular flexibility index (Phi) is 5.81. The topological polar surface area (TPSA) is 55.1 Å². The normalized spacial score (nSPS) is 18.4. The summed E-state index contributed by atoms with van der Waals surface area (Å²) in [5.41, 5.74) is 2.03. The van der Waals surface area contributed by atoms with Crippen LogP contribution in [0.2, 0.25) is 0 Å². The molecule has 5 nitrogen and oxygen atoms in total. The molecule has 1 atom stereocenters. The van der Waals surface area contributed by atoms with Crippen LogP contribution < -0.4 is 16.0 Å². The molecular weight excluding hydrogens is 378 g/mol. The highest BCUT2D eigenvalue weighted by Crippen LogP contribution is 2.25. The van der Waals surface area contributed by atoms with Crippen molar-refractivity contribution in [3.05, 3.63) is 33.6 Å². The fourth-order valence-corrected chi connectivity index (χ4v) is 3.52. The van der Waals surface area contributed by atoms with Crippen LogP contribution in [0.15, 0.2) is 27.9 Å². The second kappa shape index (κ2) is 8.06. The molecule has 0 unspecified atom stereocenters. The molecule has 25 heavy (non-hydrogen) atoms. The quantitative estimate of drug-likeness (QED) is 0.799. The molecule has 132 valence electrons. The van der Waals surface area contributed by atoms with Crippen molar-refractivity contribution in [3.8, 4) is 11.4 Å². The zero-order valence-electron chi connectivity index (χ0n) is 14.8. The lowest BCUT2D eigenvalue weighted by molar-refractivity contribution is 0.336. The van der Waals surface area contributed by atoms with Crippen LogP contribution in [-0.4, -0.2) is 33.3 Å². The van der Waals surface area contributed by atoms with Gasteiger partial charge in [0, 0.05) is 34.7 Å². The molecule has 1 aliphatic heterocycles. The number of imidazole rings is 1. The van der Waals surface area contributed by atoms with Crippen molar-refractivity contribution in [1.29, 1.82) is 0 Å². The number of piperidine rings is 1. The van der Waals surface area contributed by atoms with Gasteiger partial charge in [-0.05, 0) is 67.7 Å². The first-order valence-electron chi connectivity index (χ1n) is 8.63. The molecule has 1 aliphatic rings. The van der Waals surface area contributed by atoms with Gasteiger partial charge < -0.3 is 9.88 Å². The average molecular weight is 402 g/mol. The minimum Gasteiger partial charge on any atom is -0.324 e. The van der Waals surface area contributed by atoms with E-state index in [1.807, 2.05) is 26.1 Å². The standard InChI is InChI=1S/C19H24BrN5/c1-13(2)23-11-18-14(3)25(12-15-5-4-7-21-9-15)19(24-18)16-6-8-22-10-17(16)20/h6,8,10-11,15,21H,3-5,7,9,12H2,1-2H3/b18-11+/t15-/m0/s1. The van der Waals surface area contributed by atoms with Crippen LogP contribution in [-0.2, 0) is 6.54 Å². The zero-order valence-corrected chi connectivity index (χ0v) is 16.4. The van der Waals surface area contributed by atoms with Gasteiger partial charge in [-0.3, -0.25) is 9.98 Å². The Morgan fingerprint density at radius 1 is 1.52 bits per heavy atom. The van der Waals surface area contributed by atoms with Gasteiger partial charge in [0.05, 0.1) is 11.5 Å². The Morgan fingerprint density at radius 3 is 3.04 bits per heavy atom. The lowest BCUT2D eigenvalue weighted by atomic mass is 9.99. The molecular formula is C19H24BrN5. The largest absolute Gasteiger partial charge is 0.324 e. The summed E-state index contributed by atoms with van der Waals surface area (Å²) < 4.78 is 3.16. The second-order valence-corrected chi connectivity index (χ2v) is 7.51. The van der Waals surface area contributed by atoms with Crippen LogP contribution >= 0.6 is 15.9 Å². The van der Waals surface area contributed by atoms with Crippen LogP contribution in [0.5, 0.6) is 0 Å². The molecule has 3 heterocycles. The Labute approximate surface area is 156 Å². The van der Waals surface area contributed by atoms with E-state index in [4.69, 9.17) is 4.98 Å². The van der Waals surface area contributed by atoms with Crippen molar-refractivity contribution in [2.45, 2.75) is 33.2 Å². The van der Waals surface area contributed by atoms with Crippen molar-refractivity contribution in [1.82, 2.24) is 19.9 Å². The van der Waals surface area contributed by atoms with Crippen LogP contribution in [0.4, 0.5) is 0 Å². The van der Waals surface area contributed by atoms with Gasteiger partial charge in [0.25, 0.3) is 0 Å². The lowest BCUT2D eigenvalue weighted by Crippen LogP contribution is -2.36. The molecule has 0 saturated carbocycles. The summed E-state index contributed by atoms with van der Waals surface area (Å²) in [5.74, 6) is 1.51. The van der Waals surface area contributed by atoms with E-state index < -0.39 is 0 Å². The molecule has 1 saturated heterocycles. The molecule has 0 bridgehead atoms. The predicted octanol–water partition coefficient (Wildman–Crippen LogP) is 2.34. The Hall–Kier alpha value is -1.79. The van der Waals surface area contributed by atoms with Crippen molar-refractivity contribution >= 4 is 34.4 Å². The fourth-order valence-electron chi connectivity index (χ4n) is 3.10. The highest BCUT2D eigenvalue weighted by atomic mass is 79.9. The minimum atomic E-state index is 0.590. The predicted molar refractivity (Wildman–Crippen MR) is 107 cm³/mol. The molecule has 1 fully saturated rings. The summed E-state index contributed by atoms with van der Waals surface area (Å²) in [6.07, 6.45) is 7.86. The van der Waals surface area contributed by atoms with E-state index in [-0.39, 0.29) is 0 Å². The molecule has 0 aromatic carbocycles. The van der Waals surface area contributed by atoms with Gasteiger partial charge in [-0.2, -0.15) is 0 Å². The summed E-state index contributed by atoms with van der Waals surface area (Å²) in [7, 11) is 0. The Morgan fingerprint density at radius 2 is 2.36 bits per heavy atom. The summed E-state index contributed by atoms with van der Waals surface area (Å²) >= 11 is 3.60. The van der Waals surface area contributed by atoms with E-state index in [1.165, 1.54) is 12.8 Å². The third-order valence-electron chi connectivity index (χ3n) is 4.40. The maximum atomic E-state index is 4.84. The van der Waals surface area contributed by atoms with E-state index in [0.717, 1.165) is 51.9 Å². The van der Waals surface area contributed by atoms with Gasteiger partial charge in [-0.1, -0.05) is 6.58 Å². The highest BCUT2D eigenvalue weighted by Gasteiger charge is 2.18. The molecule has 0 radical (unpaired) electrons. The number of pyridine rings is 1. The first kappa shape index (κ1) is 18.0. The Bertz CT molecular complexity index is 874. The molecule has 0 spiro atoms. The van der Waals surface area contributed by atoms with E-state index in [9.17, 15) is 0 Å². The summed E-state index contributed by atoms with van der Waals surface area (Å²) in [6, 6.07) is 1.99. The molecule has 6 heteroatoms. The van der Waals surface area contributed by atoms with E-state index in [1.54, 1.807) is 12.4 Å². The number of aliphatic imine (C=N–C) groups is 1. The number of hydrogen-bond donors (Lipinski definition) is 1. The van der Waals surface area contributed by atoms with Gasteiger partial charge in [0.15, 0.2) is 0 Å². The van der Waals surface area contributed by atoms with Crippen LogP contribution in [0.25, 0.3) is 24.2 Å². The molecule has 1 N–H and O–H groups in total. The summed E-state index contributed by atoms with van der Waals surface area (Å²) in [4.78, 5) is 13.4. The minimum absolute atomic E-state index is 0.590. The van der Waals surface area contributed by atoms with Gasteiger partial charge in [0.1, 0.15) is 11.2 Å². The van der Waals surface area contributed by atoms with Crippen LogP contribution in [0, 0.1) is 5.92 Å². The zero-order chi connectivity index (χ0) is 17.8.